The molecule has 7 nitrogen and oxygen atoms in total. The first-order valence-electron chi connectivity index (χ1n) is 9.95. The molecule has 0 fully saturated rings. The van der Waals surface area contributed by atoms with Gasteiger partial charge in [0.1, 0.15) is 11.4 Å². The number of methoxy groups -OCH3 is 1. The summed E-state index contributed by atoms with van der Waals surface area (Å²) >= 11 is 0. The van der Waals surface area contributed by atoms with Crippen LogP contribution in [0, 0.1) is 5.92 Å². The topological polar surface area (TPSA) is 105 Å². The van der Waals surface area contributed by atoms with Crippen molar-refractivity contribution in [3.63, 3.8) is 0 Å². The third-order valence-corrected chi connectivity index (χ3v) is 6.78. The van der Waals surface area contributed by atoms with Gasteiger partial charge in [0.25, 0.3) is 0 Å². The van der Waals surface area contributed by atoms with Gasteiger partial charge in [0, 0.05) is 18.2 Å². The minimum atomic E-state index is -3.82. The number of anilines is 1. The largest absolute Gasteiger partial charge is 0.497 e. The first kappa shape index (κ1) is 22.3. The minimum absolute atomic E-state index is 0.0689. The van der Waals surface area contributed by atoms with Crippen LogP contribution in [0.3, 0.4) is 0 Å². The second kappa shape index (κ2) is 8.75. The lowest BCUT2D eigenvalue weighted by Gasteiger charge is -2.34. The summed E-state index contributed by atoms with van der Waals surface area (Å²) in [5, 5.41) is 13.9. The summed E-state index contributed by atoms with van der Waals surface area (Å²) in [7, 11) is -2.23. The van der Waals surface area contributed by atoms with E-state index in [0.29, 0.717) is 17.9 Å². The molecule has 1 aliphatic rings. The van der Waals surface area contributed by atoms with Gasteiger partial charge in [0.05, 0.1) is 12.0 Å². The van der Waals surface area contributed by atoms with E-state index in [1.54, 1.807) is 45.2 Å². The molecule has 0 heterocycles. The average Bonchev–Trinajstić information content (AvgIpc) is 2.72. The van der Waals surface area contributed by atoms with Crippen molar-refractivity contribution in [2.75, 3.05) is 19.0 Å². The first-order chi connectivity index (χ1) is 14.1. The standard InChI is InChI=1S/C22H28N2O5S/c1-15(2)21(25)24-17-6-9-19(10-7-17)30(27,28)23-14-22(26)12-4-5-16-13-18(29-3)8-11-20(16)22/h6-11,13,15,23,26H,4-5,12,14H2,1-3H3,(H,24,25). The fourth-order valence-electron chi connectivity index (χ4n) is 3.55. The number of aliphatic hydroxyl groups is 1. The zero-order valence-corrected chi connectivity index (χ0v) is 18.3. The Morgan fingerprint density at radius 2 is 1.90 bits per heavy atom. The monoisotopic (exact) mass is 432 g/mol. The fourth-order valence-corrected chi connectivity index (χ4v) is 4.64. The highest BCUT2D eigenvalue weighted by molar-refractivity contribution is 7.89. The summed E-state index contributed by atoms with van der Waals surface area (Å²) in [5.74, 6) is 0.399. The molecule has 0 aliphatic heterocycles. The molecule has 0 radical (unpaired) electrons. The number of amides is 1. The van der Waals surface area contributed by atoms with Crippen LogP contribution in [-0.4, -0.2) is 33.1 Å². The zero-order chi connectivity index (χ0) is 21.9. The van der Waals surface area contributed by atoms with Crippen LogP contribution in [0.5, 0.6) is 5.75 Å². The summed E-state index contributed by atoms with van der Waals surface area (Å²) in [6, 6.07) is 11.4. The maximum Gasteiger partial charge on any atom is 0.240 e. The lowest BCUT2D eigenvalue weighted by atomic mass is 9.79. The van der Waals surface area contributed by atoms with Gasteiger partial charge in [0.15, 0.2) is 0 Å². The number of hydrogen-bond acceptors (Lipinski definition) is 5. The number of rotatable bonds is 7. The molecule has 0 bridgehead atoms. The molecule has 0 saturated carbocycles. The van der Waals surface area contributed by atoms with Gasteiger partial charge in [-0.05, 0) is 66.8 Å². The Morgan fingerprint density at radius 1 is 1.20 bits per heavy atom. The molecular formula is C22H28N2O5S. The molecular weight excluding hydrogens is 404 g/mol. The van der Waals surface area contributed by atoms with Crippen LogP contribution in [0.4, 0.5) is 5.69 Å². The smallest absolute Gasteiger partial charge is 0.240 e. The Hall–Kier alpha value is -2.42. The maximum atomic E-state index is 12.7. The summed E-state index contributed by atoms with van der Waals surface area (Å²) in [4.78, 5) is 11.8. The lowest BCUT2D eigenvalue weighted by Crippen LogP contribution is -2.42. The molecule has 1 amide bonds. The van der Waals surface area contributed by atoms with Crippen LogP contribution >= 0.6 is 0 Å². The van der Waals surface area contributed by atoms with Crippen molar-refractivity contribution in [2.24, 2.45) is 5.92 Å². The third-order valence-electron chi connectivity index (χ3n) is 5.36. The van der Waals surface area contributed by atoms with Gasteiger partial charge in [-0.2, -0.15) is 0 Å². The molecule has 8 heteroatoms. The van der Waals surface area contributed by atoms with Crippen LogP contribution < -0.4 is 14.8 Å². The second-order valence-corrected chi connectivity index (χ2v) is 9.67. The van der Waals surface area contributed by atoms with Crippen LogP contribution in [0.25, 0.3) is 0 Å². The first-order valence-corrected chi connectivity index (χ1v) is 11.4. The number of nitrogens with one attached hydrogen (secondary N) is 2. The third kappa shape index (κ3) is 4.83. The highest BCUT2D eigenvalue weighted by Crippen LogP contribution is 2.37. The Kier molecular flexibility index (Phi) is 6.50. The van der Waals surface area contributed by atoms with E-state index in [1.807, 2.05) is 6.07 Å². The van der Waals surface area contributed by atoms with E-state index in [9.17, 15) is 18.3 Å². The number of carbonyl (C=O) groups excluding carboxylic acids is 1. The van der Waals surface area contributed by atoms with Gasteiger partial charge in [-0.3, -0.25) is 4.79 Å². The van der Waals surface area contributed by atoms with Crippen molar-refractivity contribution in [3.05, 3.63) is 53.6 Å². The average molecular weight is 433 g/mol. The normalized spacial score (nSPS) is 18.7. The van der Waals surface area contributed by atoms with Crippen LogP contribution in [0.15, 0.2) is 47.4 Å². The molecule has 3 rings (SSSR count). The van der Waals surface area contributed by atoms with Gasteiger partial charge in [0.2, 0.25) is 15.9 Å². The highest BCUT2D eigenvalue weighted by atomic mass is 32.2. The predicted octanol–water partition coefficient (Wildman–Crippen LogP) is 2.79. The SMILES string of the molecule is COc1ccc2c(c1)CCCC2(O)CNS(=O)(=O)c1ccc(NC(=O)C(C)C)cc1. The number of fused-ring (bicyclic) bond motifs is 1. The quantitative estimate of drug-likeness (QED) is 0.624. The van der Waals surface area contributed by atoms with E-state index in [2.05, 4.69) is 10.0 Å². The van der Waals surface area contributed by atoms with Gasteiger partial charge in [-0.25, -0.2) is 13.1 Å². The highest BCUT2D eigenvalue weighted by Gasteiger charge is 2.35. The molecule has 2 aromatic carbocycles. The summed E-state index contributed by atoms with van der Waals surface area (Å²) in [6.45, 7) is 3.44. The summed E-state index contributed by atoms with van der Waals surface area (Å²) < 4.78 is 33.3. The Labute approximate surface area is 177 Å². The van der Waals surface area contributed by atoms with Crippen molar-refractivity contribution in [3.8, 4) is 5.75 Å². The Morgan fingerprint density at radius 3 is 2.53 bits per heavy atom. The van der Waals surface area contributed by atoms with Gasteiger partial charge >= 0.3 is 0 Å². The van der Waals surface area contributed by atoms with Crippen LogP contribution in [0.2, 0.25) is 0 Å². The van der Waals surface area contributed by atoms with E-state index < -0.39 is 15.6 Å². The van der Waals surface area contributed by atoms with E-state index in [1.165, 1.54) is 12.1 Å². The number of benzene rings is 2. The molecule has 0 aromatic heterocycles. The summed E-state index contributed by atoms with van der Waals surface area (Å²) in [5.41, 5.74) is 0.941. The molecule has 2 aromatic rings. The molecule has 162 valence electrons. The van der Waals surface area contributed by atoms with Crippen LogP contribution in [-0.2, 0) is 26.8 Å². The molecule has 1 aliphatic carbocycles. The molecule has 30 heavy (non-hydrogen) atoms. The number of carbonyl (C=O) groups is 1. The lowest BCUT2D eigenvalue weighted by molar-refractivity contribution is -0.118. The number of ether oxygens (including phenoxy) is 1. The number of aryl methyl sites for hydroxylation is 1. The Bertz CT molecular complexity index is 1020. The second-order valence-electron chi connectivity index (χ2n) is 7.90. The van der Waals surface area contributed by atoms with Gasteiger partial charge in [-0.15, -0.1) is 0 Å². The summed E-state index contributed by atoms with van der Waals surface area (Å²) in [6.07, 6.45) is 2.03. The molecule has 1 unspecified atom stereocenters. The van der Waals surface area contributed by atoms with E-state index in [0.717, 1.165) is 24.0 Å². The molecule has 0 spiro atoms. The maximum absolute atomic E-state index is 12.7. The fraction of sp³-hybridized carbons (Fsp3) is 0.409. The zero-order valence-electron chi connectivity index (χ0n) is 17.4. The van der Waals surface area contributed by atoms with Crippen molar-refractivity contribution in [1.29, 1.82) is 0 Å². The predicted molar refractivity (Wildman–Crippen MR) is 115 cm³/mol. The molecule has 0 saturated heterocycles. The van der Waals surface area contributed by atoms with Gasteiger partial charge < -0.3 is 15.2 Å². The van der Waals surface area contributed by atoms with E-state index in [-0.39, 0.29) is 23.3 Å². The molecule has 1 atom stereocenters. The van der Waals surface area contributed by atoms with E-state index in [4.69, 9.17) is 4.74 Å². The van der Waals surface area contributed by atoms with Crippen molar-refractivity contribution in [2.45, 2.75) is 43.6 Å². The van der Waals surface area contributed by atoms with Crippen LogP contribution in [0.1, 0.15) is 37.8 Å². The van der Waals surface area contributed by atoms with Gasteiger partial charge in [-0.1, -0.05) is 19.9 Å². The molecule has 3 N–H and O–H groups in total. The number of hydrogen-bond donors (Lipinski definition) is 3. The number of sulfonamides is 1. The van der Waals surface area contributed by atoms with E-state index >= 15 is 0 Å². The van der Waals surface area contributed by atoms with Crippen molar-refractivity contribution < 1.29 is 23.1 Å². The van der Waals surface area contributed by atoms with Crippen molar-refractivity contribution in [1.82, 2.24) is 4.72 Å². The minimum Gasteiger partial charge on any atom is -0.497 e. The van der Waals surface area contributed by atoms with Crippen molar-refractivity contribution >= 4 is 21.6 Å². The Balaban J connectivity index is 1.73.